The van der Waals surface area contributed by atoms with Gasteiger partial charge in [0.2, 0.25) is 5.91 Å². The van der Waals surface area contributed by atoms with E-state index in [0.717, 1.165) is 12.8 Å². The predicted molar refractivity (Wildman–Crippen MR) is 69.0 cm³/mol. The van der Waals surface area contributed by atoms with Gasteiger partial charge in [0.05, 0.1) is 0 Å². The third-order valence-corrected chi connectivity index (χ3v) is 3.61. The van der Waals surface area contributed by atoms with Crippen LogP contribution in [0, 0.1) is 11.8 Å². The van der Waals surface area contributed by atoms with Crippen LogP contribution in [0.4, 0.5) is 0 Å². The van der Waals surface area contributed by atoms with E-state index in [2.05, 4.69) is 19.2 Å². The van der Waals surface area contributed by atoms with Gasteiger partial charge in [-0.15, -0.1) is 0 Å². The molecule has 0 spiro atoms. The van der Waals surface area contributed by atoms with Gasteiger partial charge in [0.15, 0.2) is 0 Å². The standard InChI is InChI=1S/C13H24N2O3/c1-9(2)6-10(8-14)7-11(16)15-13(12(17)18)4-3-5-13/h9-10H,3-8,14H2,1-2H3,(H,15,16)(H,17,18)/t10-/m0/s1. The number of carboxylic acid groups (broad SMARTS) is 1. The number of amides is 1. The third-order valence-electron chi connectivity index (χ3n) is 3.61. The Kier molecular flexibility index (Phi) is 5.14. The molecule has 5 nitrogen and oxygen atoms in total. The molecule has 1 aliphatic carbocycles. The summed E-state index contributed by atoms with van der Waals surface area (Å²) in [7, 11) is 0. The van der Waals surface area contributed by atoms with Gasteiger partial charge in [0.1, 0.15) is 5.54 Å². The Morgan fingerprint density at radius 3 is 2.33 bits per heavy atom. The second-order valence-electron chi connectivity index (χ2n) is 5.72. The number of carbonyl (C=O) groups excluding carboxylic acids is 1. The molecule has 1 atom stereocenters. The van der Waals surface area contributed by atoms with Gasteiger partial charge < -0.3 is 16.2 Å². The van der Waals surface area contributed by atoms with Crippen LogP contribution in [0.25, 0.3) is 0 Å². The van der Waals surface area contributed by atoms with Crippen LogP contribution in [-0.2, 0) is 9.59 Å². The van der Waals surface area contributed by atoms with E-state index >= 15 is 0 Å². The molecule has 0 unspecified atom stereocenters. The Labute approximate surface area is 108 Å². The van der Waals surface area contributed by atoms with Crippen molar-refractivity contribution in [2.45, 2.75) is 51.5 Å². The van der Waals surface area contributed by atoms with Crippen molar-refractivity contribution in [3.05, 3.63) is 0 Å². The van der Waals surface area contributed by atoms with Crippen LogP contribution >= 0.6 is 0 Å². The fourth-order valence-electron chi connectivity index (χ4n) is 2.43. The summed E-state index contributed by atoms with van der Waals surface area (Å²) < 4.78 is 0. The highest BCUT2D eigenvalue weighted by Gasteiger charge is 2.45. The highest BCUT2D eigenvalue weighted by Crippen LogP contribution is 2.32. The lowest BCUT2D eigenvalue weighted by atomic mass is 9.76. The lowest BCUT2D eigenvalue weighted by Crippen LogP contribution is -2.59. The molecule has 0 aromatic carbocycles. The quantitative estimate of drug-likeness (QED) is 0.636. The van der Waals surface area contributed by atoms with Crippen molar-refractivity contribution >= 4 is 11.9 Å². The molecule has 0 aromatic heterocycles. The molecular weight excluding hydrogens is 232 g/mol. The molecule has 1 rings (SSSR count). The second kappa shape index (κ2) is 6.18. The van der Waals surface area contributed by atoms with Gasteiger partial charge in [-0.3, -0.25) is 4.79 Å². The van der Waals surface area contributed by atoms with E-state index in [-0.39, 0.29) is 11.8 Å². The maximum absolute atomic E-state index is 11.9. The number of rotatable bonds is 7. The van der Waals surface area contributed by atoms with Crippen molar-refractivity contribution in [2.75, 3.05) is 6.54 Å². The number of nitrogens with one attached hydrogen (secondary N) is 1. The van der Waals surface area contributed by atoms with Crippen LogP contribution in [-0.4, -0.2) is 29.1 Å². The summed E-state index contributed by atoms with van der Waals surface area (Å²) in [4.78, 5) is 23.0. The maximum Gasteiger partial charge on any atom is 0.329 e. The molecule has 0 bridgehead atoms. The molecular formula is C13H24N2O3. The first kappa shape index (κ1) is 15.0. The van der Waals surface area contributed by atoms with Crippen LogP contribution in [0.15, 0.2) is 0 Å². The van der Waals surface area contributed by atoms with Crippen molar-refractivity contribution in [1.82, 2.24) is 5.32 Å². The van der Waals surface area contributed by atoms with Gasteiger partial charge in [-0.2, -0.15) is 0 Å². The summed E-state index contributed by atoms with van der Waals surface area (Å²) in [6.45, 7) is 4.64. The van der Waals surface area contributed by atoms with E-state index in [9.17, 15) is 9.59 Å². The van der Waals surface area contributed by atoms with Gasteiger partial charge in [-0.1, -0.05) is 13.8 Å². The molecule has 0 heterocycles. The van der Waals surface area contributed by atoms with Gasteiger partial charge in [-0.25, -0.2) is 4.79 Å². The predicted octanol–water partition coefficient (Wildman–Crippen LogP) is 1.12. The summed E-state index contributed by atoms with van der Waals surface area (Å²) in [6.07, 6.45) is 3.14. The number of hydrogen-bond acceptors (Lipinski definition) is 3. The largest absolute Gasteiger partial charge is 0.480 e. The Morgan fingerprint density at radius 1 is 1.39 bits per heavy atom. The van der Waals surface area contributed by atoms with Gasteiger partial charge in [0.25, 0.3) is 0 Å². The van der Waals surface area contributed by atoms with E-state index in [1.165, 1.54) is 0 Å². The molecule has 0 aliphatic heterocycles. The van der Waals surface area contributed by atoms with Crippen LogP contribution in [0.1, 0.15) is 46.0 Å². The van der Waals surface area contributed by atoms with E-state index in [0.29, 0.717) is 31.7 Å². The van der Waals surface area contributed by atoms with Gasteiger partial charge >= 0.3 is 5.97 Å². The highest BCUT2D eigenvalue weighted by molar-refractivity contribution is 5.87. The number of carbonyl (C=O) groups is 2. The SMILES string of the molecule is CC(C)C[C@H](CN)CC(=O)NC1(C(=O)O)CCC1. The minimum absolute atomic E-state index is 0.135. The zero-order valence-electron chi connectivity index (χ0n) is 11.2. The first-order chi connectivity index (χ1) is 8.39. The molecule has 1 saturated carbocycles. The summed E-state index contributed by atoms with van der Waals surface area (Å²) in [5.74, 6) is -0.483. The molecule has 0 saturated heterocycles. The van der Waals surface area contributed by atoms with Gasteiger partial charge in [0, 0.05) is 6.42 Å². The van der Waals surface area contributed by atoms with Crippen LogP contribution in [0.2, 0.25) is 0 Å². The zero-order valence-corrected chi connectivity index (χ0v) is 11.2. The fraction of sp³-hybridized carbons (Fsp3) is 0.846. The third kappa shape index (κ3) is 3.70. The minimum Gasteiger partial charge on any atom is -0.480 e. The molecule has 104 valence electrons. The molecule has 1 amide bonds. The summed E-state index contributed by atoms with van der Waals surface area (Å²) >= 11 is 0. The highest BCUT2D eigenvalue weighted by atomic mass is 16.4. The maximum atomic E-state index is 11.9. The van der Waals surface area contributed by atoms with Crippen molar-refractivity contribution in [3.8, 4) is 0 Å². The lowest BCUT2D eigenvalue weighted by molar-refractivity contribution is -0.152. The Bertz CT molecular complexity index is 311. The topological polar surface area (TPSA) is 92.4 Å². The monoisotopic (exact) mass is 256 g/mol. The number of aliphatic carboxylic acids is 1. The molecule has 5 heteroatoms. The first-order valence-corrected chi connectivity index (χ1v) is 6.64. The van der Waals surface area contributed by atoms with E-state index in [4.69, 9.17) is 10.8 Å². The average molecular weight is 256 g/mol. The smallest absolute Gasteiger partial charge is 0.329 e. The Morgan fingerprint density at radius 2 is 2.00 bits per heavy atom. The number of hydrogen-bond donors (Lipinski definition) is 3. The summed E-state index contributed by atoms with van der Waals surface area (Å²) in [6, 6.07) is 0. The lowest BCUT2D eigenvalue weighted by Gasteiger charge is -2.38. The fourth-order valence-corrected chi connectivity index (χ4v) is 2.43. The molecule has 18 heavy (non-hydrogen) atoms. The number of nitrogens with two attached hydrogens (primary N) is 1. The second-order valence-corrected chi connectivity index (χ2v) is 5.72. The first-order valence-electron chi connectivity index (χ1n) is 6.64. The minimum atomic E-state index is -1.01. The van der Waals surface area contributed by atoms with Gasteiger partial charge in [-0.05, 0) is 44.1 Å². The summed E-state index contributed by atoms with van der Waals surface area (Å²) in [5, 5.41) is 11.8. The molecule has 0 radical (unpaired) electrons. The van der Waals surface area contributed by atoms with E-state index < -0.39 is 11.5 Å². The normalized spacial score (nSPS) is 19.1. The average Bonchev–Trinajstić information content (AvgIpc) is 2.21. The Hall–Kier alpha value is -1.10. The van der Waals surface area contributed by atoms with Crippen molar-refractivity contribution in [2.24, 2.45) is 17.6 Å². The van der Waals surface area contributed by atoms with Crippen LogP contribution < -0.4 is 11.1 Å². The van der Waals surface area contributed by atoms with Crippen molar-refractivity contribution in [1.29, 1.82) is 0 Å². The van der Waals surface area contributed by atoms with Crippen LogP contribution in [0.3, 0.4) is 0 Å². The van der Waals surface area contributed by atoms with E-state index in [1.54, 1.807) is 0 Å². The summed E-state index contributed by atoms with van der Waals surface area (Å²) in [5.41, 5.74) is 4.64. The Balaban J connectivity index is 2.47. The molecule has 1 aliphatic rings. The van der Waals surface area contributed by atoms with Crippen molar-refractivity contribution in [3.63, 3.8) is 0 Å². The van der Waals surface area contributed by atoms with E-state index in [1.807, 2.05) is 0 Å². The molecule has 4 N–H and O–H groups in total. The number of carboxylic acids is 1. The van der Waals surface area contributed by atoms with Crippen LogP contribution in [0.5, 0.6) is 0 Å². The molecule has 1 fully saturated rings. The molecule has 0 aromatic rings. The zero-order chi connectivity index (χ0) is 13.8. The van der Waals surface area contributed by atoms with Crippen molar-refractivity contribution < 1.29 is 14.7 Å².